The summed E-state index contributed by atoms with van der Waals surface area (Å²) in [5, 5.41) is 0. The van der Waals surface area contributed by atoms with Crippen LogP contribution in [0.25, 0.3) is 5.69 Å². The summed E-state index contributed by atoms with van der Waals surface area (Å²) >= 11 is 0. The maximum Gasteiger partial charge on any atom is 0.248 e. The van der Waals surface area contributed by atoms with Crippen LogP contribution in [-0.4, -0.2) is 4.57 Å². The molecule has 1 aromatic heterocycles. The first-order chi connectivity index (χ1) is 14.7. The molecule has 4 aromatic rings. The van der Waals surface area contributed by atoms with Gasteiger partial charge in [-0.15, -0.1) is 0 Å². The molecular weight excluding hydrogens is 378 g/mol. The van der Waals surface area contributed by atoms with Crippen LogP contribution in [0.3, 0.4) is 0 Å². The lowest BCUT2D eigenvalue weighted by Gasteiger charge is -2.32. The Balaban J connectivity index is 1.92. The average Bonchev–Trinajstić information content (AvgIpc) is 3.12. The second-order valence-electron chi connectivity index (χ2n) is 8.83. The number of nitrogens with zero attached hydrogens (tertiary/aromatic N) is 3. The van der Waals surface area contributed by atoms with Crippen molar-refractivity contribution in [1.82, 2.24) is 4.57 Å². The summed E-state index contributed by atoms with van der Waals surface area (Å²) in [5.74, 6) is 0. The molecule has 3 heteroatoms. The van der Waals surface area contributed by atoms with E-state index < -0.39 is 0 Å². The van der Waals surface area contributed by atoms with Gasteiger partial charge in [-0.2, -0.15) is 0 Å². The van der Waals surface area contributed by atoms with Crippen LogP contribution in [0.1, 0.15) is 33.4 Å². The van der Waals surface area contributed by atoms with E-state index in [4.69, 9.17) is 0 Å². The highest BCUT2D eigenvalue weighted by atomic mass is 15.2. The molecule has 3 aromatic carbocycles. The summed E-state index contributed by atoms with van der Waals surface area (Å²) < 4.78 is 4.19. The van der Waals surface area contributed by atoms with E-state index in [9.17, 15) is 0 Å². The van der Waals surface area contributed by atoms with Crippen LogP contribution in [0, 0.1) is 41.5 Å². The fourth-order valence-corrected chi connectivity index (χ4v) is 4.80. The summed E-state index contributed by atoms with van der Waals surface area (Å²) in [4.78, 5) is 2.44. The third kappa shape index (κ3) is 4.00. The van der Waals surface area contributed by atoms with Gasteiger partial charge in [-0.1, -0.05) is 35.4 Å². The van der Waals surface area contributed by atoms with E-state index in [2.05, 4.69) is 123 Å². The lowest BCUT2D eigenvalue weighted by molar-refractivity contribution is -0.670. The summed E-state index contributed by atoms with van der Waals surface area (Å²) in [6, 6.07) is 18.0. The zero-order chi connectivity index (χ0) is 22.3. The zero-order valence-corrected chi connectivity index (χ0v) is 19.7. The molecule has 158 valence electrons. The van der Waals surface area contributed by atoms with Crippen molar-refractivity contribution < 1.29 is 4.57 Å². The maximum absolute atomic E-state index is 2.44. The third-order valence-electron chi connectivity index (χ3n) is 5.89. The van der Waals surface area contributed by atoms with Crippen molar-refractivity contribution in [3.63, 3.8) is 0 Å². The van der Waals surface area contributed by atoms with Gasteiger partial charge in [0.15, 0.2) is 0 Å². The molecule has 0 saturated heterocycles. The van der Waals surface area contributed by atoms with E-state index in [1.807, 2.05) is 7.05 Å². The molecule has 0 aliphatic rings. The molecule has 0 spiro atoms. The Morgan fingerprint density at radius 3 is 1.52 bits per heavy atom. The van der Waals surface area contributed by atoms with Crippen molar-refractivity contribution in [3.8, 4) is 5.69 Å². The van der Waals surface area contributed by atoms with Crippen LogP contribution >= 0.6 is 0 Å². The van der Waals surface area contributed by atoms with E-state index in [1.165, 1.54) is 50.4 Å². The van der Waals surface area contributed by atoms with Gasteiger partial charge in [-0.05, 0) is 88.1 Å². The molecule has 0 fully saturated rings. The second-order valence-corrected chi connectivity index (χ2v) is 8.83. The van der Waals surface area contributed by atoms with Gasteiger partial charge in [0.2, 0.25) is 6.33 Å². The highest BCUT2D eigenvalue weighted by molar-refractivity contribution is 5.84. The molecule has 4 rings (SSSR count). The van der Waals surface area contributed by atoms with Crippen molar-refractivity contribution in [1.29, 1.82) is 0 Å². The largest absolute Gasteiger partial charge is 0.309 e. The molecular formula is C28H32N3+. The molecule has 0 saturated carbocycles. The third-order valence-corrected chi connectivity index (χ3v) is 5.89. The summed E-state index contributed by atoms with van der Waals surface area (Å²) in [7, 11) is 2.04. The van der Waals surface area contributed by atoms with Crippen molar-refractivity contribution in [3.05, 3.63) is 101 Å². The van der Waals surface area contributed by atoms with Crippen molar-refractivity contribution in [2.45, 2.75) is 41.5 Å². The first-order valence-electron chi connectivity index (χ1n) is 10.8. The van der Waals surface area contributed by atoms with Gasteiger partial charge < -0.3 is 4.90 Å². The van der Waals surface area contributed by atoms with Gasteiger partial charge in [0, 0.05) is 5.69 Å². The van der Waals surface area contributed by atoms with Crippen LogP contribution in [0.15, 0.2) is 67.3 Å². The van der Waals surface area contributed by atoms with E-state index in [0.29, 0.717) is 0 Å². The van der Waals surface area contributed by atoms with Crippen molar-refractivity contribution in [2.24, 2.45) is 7.05 Å². The molecule has 1 heterocycles. The standard InChI is InChI=1S/C28H32N3/c1-19-14-21(3)27(22(4)15-19)31(28-23(5)16-20(2)17-24(28)6)26-10-8-25(9-11-26)30-13-12-29(7)18-30/h8-18H,1-7H3/q+1. The molecule has 0 N–H and O–H groups in total. The first kappa shape index (κ1) is 20.9. The molecule has 0 atom stereocenters. The molecule has 0 unspecified atom stereocenters. The van der Waals surface area contributed by atoms with E-state index >= 15 is 0 Å². The van der Waals surface area contributed by atoms with Gasteiger partial charge in [0.25, 0.3) is 0 Å². The Hall–Kier alpha value is -3.33. The summed E-state index contributed by atoms with van der Waals surface area (Å²) in [5.41, 5.74) is 12.6. The number of aryl methyl sites for hydroxylation is 7. The fourth-order valence-electron chi connectivity index (χ4n) is 4.80. The first-order valence-corrected chi connectivity index (χ1v) is 10.8. The van der Waals surface area contributed by atoms with Gasteiger partial charge >= 0.3 is 0 Å². The highest BCUT2D eigenvalue weighted by Gasteiger charge is 2.21. The van der Waals surface area contributed by atoms with E-state index in [-0.39, 0.29) is 0 Å². The Kier molecular flexibility index (Phi) is 5.45. The Morgan fingerprint density at radius 2 is 1.13 bits per heavy atom. The fraction of sp³-hybridized carbons (Fsp3) is 0.250. The summed E-state index contributed by atoms with van der Waals surface area (Å²) in [6.07, 6.45) is 6.21. The highest BCUT2D eigenvalue weighted by Crippen LogP contribution is 2.42. The zero-order valence-electron chi connectivity index (χ0n) is 19.7. The number of aromatic nitrogens is 2. The predicted octanol–water partition coefficient (Wildman–Crippen LogP) is 6.62. The lowest BCUT2D eigenvalue weighted by atomic mass is 9.99. The molecule has 3 nitrogen and oxygen atoms in total. The number of hydrogen-bond donors (Lipinski definition) is 0. The van der Waals surface area contributed by atoms with Gasteiger partial charge in [-0.3, -0.25) is 0 Å². The Labute approximate surface area is 186 Å². The molecule has 0 bridgehead atoms. The molecule has 0 aliphatic carbocycles. The molecule has 0 radical (unpaired) electrons. The topological polar surface area (TPSA) is 12.1 Å². The minimum absolute atomic E-state index is 1.15. The smallest absolute Gasteiger partial charge is 0.248 e. The van der Waals surface area contributed by atoms with Crippen molar-refractivity contribution in [2.75, 3.05) is 4.90 Å². The number of hydrogen-bond acceptors (Lipinski definition) is 1. The van der Waals surface area contributed by atoms with Crippen LogP contribution in [-0.2, 0) is 7.05 Å². The molecule has 31 heavy (non-hydrogen) atoms. The number of imidazole rings is 1. The monoisotopic (exact) mass is 410 g/mol. The second kappa shape index (κ2) is 8.07. The number of benzene rings is 3. The normalized spacial score (nSPS) is 11.1. The number of anilines is 3. The van der Waals surface area contributed by atoms with Crippen LogP contribution < -0.4 is 9.47 Å². The number of rotatable bonds is 4. The Morgan fingerprint density at radius 1 is 0.677 bits per heavy atom. The quantitative estimate of drug-likeness (QED) is 0.344. The maximum atomic E-state index is 2.44. The summed E-state index contributed by atoms with van der Waals surface area (Å²) in [6.45, 7) is 13.2. The lowest BCUT2D eigenvalue weighted by Crippen LogP contribution is -2.23. The van der Waals surface area contributed by atoms with Crippen molar-refractivity contribution >= 4 is 17.1 Å². The predicted molar refractivity (Wildman–Crippen MR) is 130 cm³/mol. The van der Waals surface area contributed by atoms with Gasteiger partial charge in [0.1, 0.15) is 18.1 Å². The van der Waals surface area contributed by atoms with E-state index in [0.717, 1.165) is 5.69 Å². The minimum atomic E-state index is 1.15. The average molecular weight is 411 g/mol. The Bertz CT molecular complexity index is 1140. The van der Waals surface area contributed by atoms with E-state index in [1.54, 1.807) is 0 Å². The van der Waals surface area contributed by atoms with Gasteiger partial charge in [0.05, 0.1) is 18.4 Å². The van der Waals surface area contributed by atoms with Crippen LogP contribution in [0.5, 0.6) is 0 Å². The minimum Gasteiger partial charge on any atom is -0.309 e. The molecule has 0 aliphatic heterocycles. The SMILES string of the molecule is Cc1cc(C)c(N(c2ccc(-n3cc[n+](C)c3)cc2)c2c(C)cc(C)cc2C)c(C)c1. The molecule has 0 amide bonds. The van der Waals surface area contributed by atoms with Crippen LogP contribution in [0.4, 0.5) is 17.1 Å². The van der Waals surface area contributed by atoms with Crippen LogP contribution in [0.2, 0.25) is 0 Å². The van der Waals surface area contributed by atoms with Gasteiger partial charge in [-0.25, -0.2) is 9.13 Å².